The van der Waals surface area contributed by atoms with E-state index < -0.39 is 0 Å². The van der Waals surface area contributed by atoms with Crippen LogP contribution in [0.15, 0.2) is 9.68 Å². The van der Waals surface area contributed by atoms with Crippen molar-refractivity contribution in [3.8, 4) is 0 Å². The van der Waals surface area contributed by atoms with Crippen LogP contribution < -0.4 is 5.73 Å². The molecule has 0 aromatic carbocycles. The number of thiophene rings is 1. The van der Waals surface area contributed by atoms with Gasteiger partial charge in [-0.3, -0.25) is 0 Å². The van der Waals surface area contributed by atoms with Gasteiger partial charge in [0.1, 0.15) is 10.6 Å². The Kier molecular flexibility index (Phi) is 3.96. The lowest BCUT2D eigenvalue weighted by Crippen LogP contribution is -2.09. The van der Waals surface area contributed by atoms with Crippen LogP contribution in [0, 0.1) is 12.8 Å². The van der Waals surface area contributed by atoms with Crippen molar-refractivity contribution >= 4 is 39.1 Å². The Morgan fingerprint density at radius 3 is 2.92 bits per heavy atom. The van der Waals surface area contributed by atoms with Gasteiger partial charge in [0.15, 0.2) is 11.0 Å². The minimum atomic E-state index is -0.0161. The minimum absolute atomic E-state index is 0.0161. The van der Waals surface area contributed by atoms with Crippen LogP contribution in [-0.4, -0.2) is 20.1 Å². The molecular weight excluding hydrogens is 342 g/mol. The Hall–Kier alpha value is -1.67. The first-order chi connectivity index (χ1) is 11.5. The summed E-state index contributed by atoms with van der Waals surface area (Å²) in [6.45, 7) is 6.11. The molecule has 4 rings (SSSR count). The maximum absolute atomic E-state index is 6.27. The molecule has 2 atom stereocenters. The first-order valence-corrected chi connectivity index (χ1v) is 9.75. The molecule has 3 aromatic rings. The highest BCUT2D eigenvalue weighted by molar-refractivity contribution is 7.99. The fraction of sp³-hybridized carbons (Fsp3) is 0.500. The Balaban J connectivity index is 1.68. The molecule has 0 saturated heterocycles. The number of hydrogen-bond acceptors (Lipinski definition) is 8. The predicted molar refractivity (Wildman–Crippen MR) is 96.3 cm³/mol. The zero-order chi connectivity index (χ0) is 16.8. The quantitative estimate of drug-likeness (QED) is 0.558. The molecular formula is C16H19N5OS2. The molecule has 0 amide bonds. The van der Waals surface area contributed by atoms with Crippen molar-refractivity contribution in [1.29, 1.82) is 0 Å². The van der Waals surface area contributed by atoms with Crippen molar-refractivity contribution in [3.63, 3.8) is 0 Å². The second-order valence-corrected chi connectivity index (χ2v) is 8.75. The lowest BCUT2D eigenvalue weighted by atomic mass is 9.89. The second-order valence-electron chi connectivity index (χ2n) is 6.36. The van der Waals surface area contributed by atoms with Gasteiger partial charge in [0.2, 0.25) is 5.89 Å². The van der Waals surface area contributed by atoms with Crippen LogP contribution in [0.4, 0.5) is 5.82 Å². The van der Waals surface area contributed by atoms with Crippen LogP contribution in [0.5, 0.6) is 0 Å². The zero-order valence-electron chi connectivity index (χ0n) is 13.9. The lowest BCUT2D eigenvalue weighted by Gasteiger charge is -2.17. The largest absolute Gasteiger partial charge is 0.383 e. The Bertz CT molecular complexity index is 903. The first kappa shape index (κ1) is 15.8. The molecule has 0 bridgehead atoms. The van der Waals surface area contributed by atoms with E-state index in [2.05, 4.69) is 22.0 Å². The van der Waals surface area contributed by atoms with Gasteiger partial charge < -0.3 is 10.3 Å². The lowest BCUT2D eigenvalue weighted by molar-refractivity contribution is 0.376. The normalized spacial score (nSPS) is 18.7. The summed E-state index contributed by atoms with van der Waals surface area (Å²) in [6, 6.07) is 0. The molecule has 0 aliphatic heterocycles. The number of rotatable bonds is 3. The summed E-state index contributed by atoms with van der Waals surface area (Å²) in [5.41, 5.74) is 7.63. The number of aryl methyl sites for hydroxylation is 2. The molecule has 0 spiro atoms. The molecule has 3 aromatic heterocycles. The molecule has 1 aliphatic carbocycles. The van der Waals surface area contributed by atoms with Crippen LogP contribution in [0.25, 0.3) is 10.2 Å². The Labute approximate surface area is 148 Å². The minimum Gasteiger partial charge on any atom is -0.383 e. The summed E-state index contributed by atoms with van der Waals surface area (Å²) in [7, 11) is 0. The smallest absolute Gasteiger partial charge is 0.239 e. The molecule has 126 valence electrons. The van der Waals surface area contributed by atoms with Gasteiger partial charge in [-0.2, -0.15) is 4.98 Å². The van der Waals surface area contributed by atoms with Gasteiger partial charge in [-0.1, -0.05) is 23.8 Å². The number of aromatic nitrogens is 4. The van der Waals surface area contributed by atoms with E-state index in [1.807, 2.05) is 13.8 Å². The highest BCUT2D eigenvalue weighted by atomic mass is 32.2. The highest BCUT2D eigenvalue weighted by Crippen LogP contribution is 2.41. The highest BCUT2D eigenvalue weighted by Gasteiger charge is 2.24. The van der Waals surface area contributed by atoms with Gasteiger partial charge in [0, 0.05) is 4.88 Å². The van der Waals surface area contributed by atoms with Crippen LogP contribution in [-0.2, 0) is 12.8 Å². The number of nitrogens with two attached hydrogens (primary N) is 1. The summed E-state index contributed by atoms with van der Waals surface area (Å²) in [5, 5.41) is 5.54. The van der Waals surface area contributed by atoms with E-state index in [1.54, 1.807) is 11.3 Å². The van der Waals surface area contributed by atoms with E-state index in [4.69, 9.17) is 15.2 Å². The van der Waals surface area contributed by atoms with Crippen LogP contribution in [0.2, 0.25) is 0 Å². The summed E-state index contributed by atoms with van der Waals surface area (Å²) in [4.78, 5) is 16.0. The van der Waals surface area contributed by atoms with E-state index >= 15 is 0 Å². The van der Waals surface area contributed by atoms with Crippen molar-refractivity contribution in [2.24, 2.45) is 5.92 Å². The number of hydrogen-bond donors (Lipinski definition) is 1. The van der Waals surface area contributed by atoms with Crippen molar-refractivity contribution < 1.29 is 4.52 Å². The van der Waals surface area contributed by atoms with Crippen LogP contribution >= 0.6 is 23.1 Å². The van der Waals surface area contributed by atoms with Crippen molar-refractivity contribution in [1.82, 2.24) is 20.1 Å². The monoisotopic (exact) mass is 361 g/mol. The molecule has 0 unspecified atom stereocenters. The topological polar surface area (TPSA) is 90.7 Å². The van der Waals surface area contributed by atoms with Gasteiger partial charge in [0.25, 0.3) is 0 Å². The fourth-order valence-corrected chi connectivity index (χ4v) is 5.35. The zero-order valence-corrected chi connectivity index (χ0v) is 15.5. The average molecular weight is 361 g/mol. The summed E-state index contributed by atoms with van der Waals surface area (Å²) in [5.74, 6) is 2.53. The van der Waals surface area contributed by atoms with E-state index in [9.17, 15) is 0 Å². The van der Waals surface area contributed by atoms with Gasteiger partial charge >= 0.3 is 0 Å². The van der Waals surface area contributed by atoms with E-state index in [1.165, 1.54) is 28.6 Å². The summed E-state index contributed by atoms with van der Waals surface area (Å²) >= 11 is 3.26. The van der Waals surface area contributed by atoms with Gasteiger partial charge in [-0.15, -0.1) is 11.3 Å². The number of anilines is 1. The van der Waals surface area contributed by atoms with Gasteiger partial charge in [-0.25, -0.2) is 9.97 Å². The molecule has 6 nitrogen and oxygen atoms in total. The predicted octanol–water partition coefficient (Wildman–Crippen LogP) is 3.94. The van der Waals surface area contributed by atoms with Gasteiger partial charge in [-0.05, 0) is 44.6 Å². The van der Waals surface area contributed by atoms with Crippen LogP contribution in [0.1, 0.15) is 47.7 Å². The number of fused-ring (bicyclic) bond motifs is 3. The average Bonchev–Trinajstić information content (AvgIpc) is 3.10. The molecule has 24 heavy (non-hydrogen) atoms. The maximum atomic E-state index is 6.27. The molecule has 0 radical (unpaired) electrons. The Morgan fingerprint density at radius 1 is 1.33 bits per heavy atom. The third-order valence-electron chi connectivity index (χ3n) is 4.34. The second kappa shape index (κ2) is 6.00. The third kappa shape index (κ3) is 2.77. The molecule has 0 fully saturated rings. The molecule has 8 heteroatoms. The summed E-state index contributed by atoms with van der Waals surface area (Å²) in [6.07, 6.45) is 3.41. The molecule has 2 N–H and O–H groups in total. The van der Waals surface area contributed by atoms with E-state index in [-0.39, 0.29) is 5.25 Å². The maximum Gasteiger partial charge on any atom is 0.239 e. The van der Waals surface area contributed by atoms with Crippen molar-refractivity contribution in [2.75, 3.05) is 5.73 Å². The fourth-order valence-electron chi connectivity index (χ4n) is 3.09. The molecule has 0 saturated carbocycles. The van der Waals surface area contributed by atoms with Crippen LogP contribution in [0.3, 0.4) is 0 Å². The van der Waals surface area contributed by atoms with E-state index in [0.717, 1.165) is 29.0 Å². The van der Waals surface area contributed by atoms with Gasteiger partial charge in [0.05, 0.1) is 10.6 Å². The van der Waals surface area contributed by atoms with Crippen molar-refractivity contribution in [2.45, 2.75) is 50.4 Å². The third-order valence-corrected chi connectivity index (χ3v) is 6.43. The van der Waals surface area contributed by atoms with Crippen molar-refractivity contribution in [3.05, 3.63) is 22.2 Å². The molecule has 3 heterocycles. The number of nitrogens with zero attached hydrogens (tertiary/aromatic N) is 4. The number of nitrogen functional groups attached to an aromatic ring is 1. The SMILES string of the molecule is Cc1noc([C@@H](C)Sc2nc(N)c3c4c(sc3n2)C[C@H](C)CC4)n1. The Morgan fingerprint density at radius 2 is 2.17 bits per heavy atom. The summed E-state index contributed by atoms with van der Waals surface area (Å²) < 4.78 is 5.23. The number of thioether (sulfide) groups is 1. The first-order valence-electron chi connectivity index (χ1n) is 8.06. The standard InChI is InChI=1S/C16H19N5OS2/c1-7-4-5-10-11(6-7)24-15-12(10)13(17)19-16(20-15)23-8(2)14-18-9(3)21-22-14/h7-8H,4-6H2,1-3H3,(H2,17,19,20)/t7-,8-/m1/s1. The molecule has 1 aliphatic rings. The van der Waals surface area contributed by atoms with E-state index in [0.29, 0.717) is 22.7 Å².